The fourth-order valence-electron chi connectivity index (χ4n) is 4.47. The van der Waals surface area contributed by atoms with Crippen LogP contribution in [0.15, 0.2) is 17.1 Å². The van der Waals surface area contributed by atoms with Crippen LogP contribution in [0.3, 0.4) is 0 Å². The number of esters is 2. The van der Waals surface area contributed by atoms with Crippen LogP contribution < -0.4 is 0 Å². The minimum absolute atomic E-state index is 0.0940. The third-order valence-corrected chi connectivity index (χ3v) is 7.31. The predicted octanol–water partition coefficient (Wildman–Crippen LogP) is 5.26. The van der Waals surface area contributed by atoms with Crippen molar-refractivity contribution in [2.45, 2.75) is 130 Å². The number of hydrogen-bond donors (Lipinski definition) is 0. The van der Waals surface area contributed by atoms with E-state index in [-0.39, 0.29) is 61.7 Å². The summed E-state index contributed by atoms with van der Waals surface area (Å²) in [5.41, 5.74) is 0.356. The van der Waals surface area contributed by atoms with Crippen LogP contribution >= 0.6 is 0 Å². The molecule has 0 fully saturated rings. The van der Waals surface area contributed by atoms with Crippen molar-refractivity contribution in [3.63, 3.8) is 0 Å². The summed E-state index contributed by atoms with van der Waals surface area (Å²) in [6.45, 7) is 20.5. The van der Waals surface area contributed by atoms with E-state index < -0.39 is 5.97 Å². The molecule has 0 spiro atoms. The Kier molecular flexibility index (Phi) is 30.0. The van der Waals surface area contributed by atoms with E-state index in [0.29, 0.717) is 77.6 Å². The smallest absolute Gasteiger partial charge is 0.333 e. The monoisotopic (exact) mass is 728 g/mol. The molecule has 14 nitrogen and oxygen atoms in total. The Labute approximate surface area is 305 Å². The lowest BCUT2D eigenvalue weighted by atomic mass is 9.96. The molecule has 0 rings (SSSR count). The Morgan fingerprint density at radius 1 is 0.667 bits per heavy atom. The van der Waals surface area contributed by atoms with Crippen molar-refractivity contribution in [2.24, 2.45) is 10.9 Å². The van der Waals surface area contributed by atoms with Crippen molar-refractivity contribution in [1.29, 1.82) is 5.26 Å². The first-order valence-electron chi connectivity index (χ1n) is 18.1. The molecule has 0 saturated carbocycles. The number of nitrogens with zero attached hydrogens (tertiary/aromatic N) is 2. The second-order valence-electron chi connectivity index (χ2n) is 13.0. The molecule has 0 saturated heterocycles. The average molecular weight is 729 g/mol. The molecule has 7 atom stereocenters. The van der Waals surface area contributed by atoms with E-state index in [9.17, 15) is 14.4 Å². The largest absolute Gasteiger partial charge is 0.460 e. The van der Waals surface area contributed by atoms with Gasteiger partial charge >= 0.3 is 11.9 Å². The minimum atomic E-state index is -0.427. The maximum Gasteiger partial charge on any atom is 0.333 e. The highest BCUT2D eigenvalue weighted by Gasteiger charge is 2.15. The Morgan fingerprint density at radius 3 is 1.67 bits per heavy atom. The second kappa shape index (κ2) is 31.8. The van der Waals surface area contributed by atoms with Gasteiger partial charge in [0.25, 0.3) is 6.26 Å². The molecule has 7 unspecified atom stereocenters. The van der Waals surface area contributed by atoms with Gasteiger partial charge in [-0.05, 0) is 86.5 Å². The van der Waals surface area contributed by atoms with Crippen molar-refractivity contribution < 1.29 is 57.0 Å². The van der Waals surface area contributed by atoms with Gasteiger partial charge in [-0.15, -0.1) is 0 Å². The van der Waals surface area contributed by atoms with Gasteiger partial charge in [-0.2, -0.15) is 5.26 Å². The highest BCUT2D eigenvalue weighted by molar-refractivity contribution is 5.87. The minimum Gasteiger partial charge on any atom is -0.460 e. The molecule has 0 radical (unpaired) electrons. The molecule has 0 aromatic rings. The van der Waals surface area contributed by atoms with E-state index in [1.54, 1.807) is 33.1 Å². The number of carbonyl (C=O) groups excluding carboxylic acids is 3. The van der Waals surface area contributed by atoms with Gasteiger partial charge in [0.15, 0.2) is 0 Å². The van der Waals surface area contributed by atoms with E-state index in [0.717, 1.165) is 25.7 Å². The first-order chi connectivity index (χ1) is 24.4. The molecular formula is C37H64N2O12. The zero-order valence-electron chi connectivity index (χ0n) is 32.1. The van der Waals surface area contributed by atoms with Crippen LogP contribution in [-0.2, 0) is 57.0 Å². The summed E-state index contributed by atoms with van der Waals surface area (Å²) in [4.78, 5) is 37.9. The van der Waals surface area contributed by atoms with Crippen LogP contribution in [0.4, 0.5) is 0 Å². The average Bonchev–Trinajstić information content (AvgIpc) is 3.09. The van der Waals surface area contributed by atoms with E-state index in [4.69, 9.17) is 47.9 Å². The number of rotatable bonds is 34. The van der Waals surface area contributed by atoms with Gasteiger partial charge in [-0.3, -0.25) is 4.79 Å². The number of isocyanates is 1. The predicted molar refractivity (Wildman–Crippen MR) is 190 cm³/mol. The molecule has 0 heterocycles. The number of aliphatic imine (C=N–C) groups is 1. The van der Waals surface area contributed by atoms with Crippen molar-refractivity contribution in [3.05, 3.63) is 12.2 Å². The van der Waals surface area contributed by atoms with E-state index in [1.165, 1.54) is 0 Å². The summed E-state index contributed by atoms with van der Waals surface area (Å²) in [6, 6.07) is 0. The van der Waals surface area contributed by atoms with E-state index in [1.807, 2.05) is 27.7 Å². The third kappa shape index (κ3) is 30.4. The van der Waals surface area contributed by atoms with Gasteiger partial charge in [-0.1, -0.05) is 13.0 Å². The molecule has 0 N–H and O–H groups in total. The normalized spacial score (nSPS) is 15.3. The van der Waals surface area contributed by atoms with Crippen LogP contribution in [0, 0.1) is 17.4 Å². The molecule has 0 aliphatic carbocycles. The molecule has 0 amide bonds. The van der Waals surface area contributed by atoms with Gasteiger partial charge in [0.1, 0.15) is 18.8 Å². The molecule has 0 bridgehead atoms. The maximum absolute atomic E-state index is 12.2. The van der Waals surface area contributed by atoms with Gasteiger partial charge < -0.3 is 42.6 Å². The summed E-state index contributed by atoms with van der Waals surface area (Å²) in [5, 5.41) is 8.46. The quantitative estimate of drug-likeness (QED) is 0.0210. The van der Waals surface area contributed by atoms with E-state index >= 15 is 0 Å². The highest BCUT2D eigenvalue weighted by atomic mass is 16.6. The molecule has 14 heteroatoms. The number of ether oxygens (including phenoxy) is 9. The summed E-state index contributed by atoms with van der Waals surface area (Å²) in [6.07, 6.45) is 6.74. The van der Waals surface area contributed by atoms with Crippen molar-refractivity contribution in [1.82, 2.24) is 0 Å². The lowest BCUT2D eigenvalue weighted by Gasteiger charge is -2.20. The zero-order valence-corrected chi connectivity index (χ0v) is 32.1. The standard InChI is InChI=1S/C37H64N2O12/c1-28(2)37(42)51-34(8)25-49-32(6)23-47-30(4)21-44-18-12-17-43-20-29(3)46-22-31(5)48-24-33(7)50-36(41)15-10-9-13-35(19-39-27-40)14-11-16-45-26-38/h29-35H,1,9-25H2,2-8H3. The summed E-state index contributed by atoms with van der Waals surface area (Å²) >= 11 is 0. The fraction of sp³-hybridized carbons (Fsp3) is 0.838. The molecule has 294 valence electrons. The number of carbonyl (C=O) groups is 2. The fourth-order valence-corrected chi connectivity index (χ4v) is 4.47. The third-order valence-electron chi connectivity index (χ3n) is 7.31. The van der Waals surface area contributed by atoms with Crippen molar-refractivity contribution in [2.75, 3.05) is 66.0 Å². The van der Waals surface area contributed by atoms with Gasteiger partial charge in [0, 0.05) is 25.2 Å². The van der Waals surface area contributed by atoms with E-state index in [2.05, 4.69) is 11.6 Å². The lowest BCUT2D eigenvalue weighted by molar-refractivity contribution is -0.153. The molecule has 0 aliphatic rings. The topological polar surface area (TPSA) is 170 Å². The highest BCUT2D eigenvalue weighted by Crippen LogP contribution is 2.17. The molecular weight excluding hydrogens is 664 g/mol. The van der Waals surface area contributed by atoms with Crippen LogP contribution in [-0.4, -0.2) is 121 Å². The number of unbranched alkanes of at least 4 members (excludes halogenated alkanes) is 1. The van der Waals surface area contributed by atoms with Gasteiger partial charge in [-0.25, -0.2) is 14.6 Å². The Bertz CT molecular complexity index is 1020. The van der Waals surface area contributed by atoms with Crippen LogP contribution in [0.25, 0.3) is 0 Å². The molecule has 0 aromatic heterocycles. The number of hydrogen-bond acceptors (Lipinski definition) is 14. The summed E-state index contributed by atoms with van der Waals surface area (Å²) in [5.74, 6) is -0.520. The summed E-state index contributed by atoms with van der Waals surface area (Å²) in [7, 11) is 0. The van der Waals surface area contributed by atoms with Crippen LogP contribution in [0.2, 0.25) is 0 Å². The summed E-state index contributed by atoms with van der Waals surface area (Å²) < 4.78 is 49.9. The lowest BCUT2D eigenvalue weighted by Crippen LogP contribution is -2.28. The van der Waals surface area contributed by atoms with Crippen molar-refractivity contribution >= 4 is 18.0 Å². The SMILES string of the molecule is C=C(C)C(=O)OC(C)COC(C)COC(C)COCCCOCC(C)OCC(C)OCC(C)OC(=O)CCCCC(CCCOC#N)CN=C=O. The molecule has 51 heavy (non-hydrogen) atoms. The maximum atomic E-state index is 12.2. The van der Waals surface area contributed by atoms with Gasteiger partial charge in [0.2, 0.25) is 6.08 Å². The van der Waals surface area contributed by atoms with Crippen LogP contribution in [0.1, 0.15) is 93.4 Å². The first kappa shape index (κ1) is 48.1. The zero-order chi connectivity index (χ0) is 38.3. The molecule has 0 aromatic carbocycles. The second-order valence-corrected chi connectivity index (χ2v) is 13.0. The van der Waals surface area contributed by atoms with Crippen molar-refractivity contribution in [3.8, 4) is 6.26 Å². The molecule has 0 aliphatic heterocycles. The van der Waals surface area contributed by atoms with Gasteiger partial charge in [0.05, 0.1) is 70.6 Å². The van der Waals surface area contributed by atoms with Crippen LogP contribution in [0.5, 0.6) is 0 Å². The Morgan fingerprint density at radius 2 is 1.16 bits per heavy atom. The Balaban J connectivity index is 3.87. The Hall–Kier alpha value is -2.89. The first-order valence-corrected chi connectivity index (χ1v) is 18.1. The number of nitriles is 1.